The summed E-state index contributed by atoms with van der Waals surface area (Å²) in [6.45, 7) is 8.52. The lowest BCUT2D eigenvalue weighted by Crippen LogP contribution is -2.29. The number of nitrogens with zero attached hydrogens (tertiary/aromatic N) is 2. The summed E-state index contributed by atoms with van der Waals surface area (Å²) >= 11 is 1.43. The second-order valence-corrected chi connectivity index (χ2v) is 6.30. The molecule has 20 heavy (non-hydrogen) atoms. The second kappa shape index (κ2) is 6.43. The summed E-state index contributed by atoms with van der Waals surface area (Å²) in [5.41, 5.74) is 7.86. The Labute approximate surface area is 124 Å². The van der Waals surface area contributed by atoms with Gasteiger partial charge in [-0.05, 0) is 54.4 Å². The monoisotopic (exact) mass is 290 g/mol. The number of hydrazine groups is 1. The molecule has 1 aromatic carbocycles. The Morgan fingerprint density at radius 2 is 2.00 bits per heavy atom. The standard InChI is InChI=1S/C15H22N4S/c1-9(2)14-15(20-19-18-14)13(17-16)8-12-6-5-10(3)11(4)7-12/h5-7,9,13,17H,8,16H2,1-4H3. The Kier molecular flexibility index (Phi) is 4.86. The van der Waals surface area contributed by atoms with Crippen LogP contribution in [0.4, 0.5) is 0 Å². The zero-order chi connectivity index (χ0) is 14.7. The summed E-state index contributed by atoms with van der Waals surface area (Å²) in [5.74, 6) is 6.11. The van der Waals surface area contributed by atoms with E-state index in [4.69, 9.17) is 5.84 Å². The quantitative estimate of drug-likeness (QED) is 0.656. The van der Waals surface area contributed by atoms with E-state index < -0.39 is 0 Å². The van der Waals surface area contributed by atoms with Crippen molar-refractivity contribution in [3.63, 3.8) is 0 Å². The Bertz CT molecular complexity index is 577. The van der Waals surface area contributed by atoms with Gasteiger partial charge in [-0.15, -0.1) is 5.10 Å². The molecule has 4 nitrogen and oxygen atoms in total. The predicted octanol–water partition coefficient (Wildman–Crippen LogP) is 3.03. The summed E-state index contributed by atoms with van der Waals surface area (Å²) in [6, 6.07) is 6.61. The van der Waals surface area contributed by atoms with E-state index in [9.17, 15) is 0 Å². The first-order valence-corrected chi connectivity index (χ1v) is 7.64. The lowest BCUT2D eigenvalue weighted by molar-refractivity contribution is 0.551. The maximum atomic E-state index is 5.75. The molecule has 2 rings (SSSR count). The number of aryl methyl sites for hydroxylation is 2. The van der Waals surface area contributed by atoms with Gasteiger partial charge >= 0.3 is 0 Å². The van der Waals surface area contributed by atoms with Crippen LogP contribution in [-0.4, -0.2) is 9.59 Å². The van der Waals surface area contributed by atoms with Crippen molar-refractivity contribution >= 4 is 11.5 Å². The van der Waals surface area contributed by atoms with Crippen LogP contribution >= 0.6 is 11.5 Å². The predicted molar refractivity (Wildman–Crippen MR) is 83.7 cm³/mol. The molecule has 0 aliphatic rings. The fraction of sp³-hybridized carbons (Fsp3) is 0.467. The topological polar surface area (TPSA) is 63.8 Å². The smallest absolute Gasteiger partial charge is 0.0829 e. The molecule has 2 aromatic rings. The number of rotatable bonds is 5. The number of aromatic nitrogens is 2. The van der Waals surface area contributed by atoms with Crippen LogP contribution in [0.5, 0.6) is 0 Å². The van der Waals surface area contributed by atoms with Crippen molar-refractivity contribution in [3.8, 4) is 0 Å². The Balaban J connectivity index is 2.24. The maximum absolute atomic E-state index is 5.75. The zero-order valence-electron chi connectivity index (χ0n) is 12.5. The first-order valence-electron chi connectivity index (χ1n) is 6.87. The van der Waals surface area contributed by atoms with Crippen LogP contribution in [-0.2, 0) is 6.42 Å². The van der Waals surface area contributed by atoms with Crippen molar-refractivity contribution in [3.05, 3.63) is 45.5 Å². The van der Waals surface area contributed by atoms with Gasteiger partial charge in [0.25, 0.3) is 0 Å². The molecule has 0 aliphatic heterocycles. The molecule has 5 heteroatoms. The Morgan fingerprint density at radius 3 is 2.60 bits per heavy atom. The minimum atomic E-state index is 0.0644. The highest BCUT2D eigenvalue weighted by Crippen LogP contribution is 2.28. The summed E-state index contributed by atoms with van der Waals surface area (Å²) in [4.78, 5) is 1.14. The average molecular weight is 290 g/mol. The second-order valence-electron chi connectivity index (χ2n) is 5.52. The van der Waals surface area contributed by atoms with E-state index in [1.807, 2.05) is 0 Å². The number of benzene rings is 1. The van der Waals surface area contributed by atoms with Crippen LogP contribution in [0.25, 0.3) is 0 Å². The molecule has 0 amide bonds. The van der Waals surface area contributed by atoms with Gasteiger partial charge in [-0.3, -0.25) is 11.3 Å². The molecule has 0 saturated carbocycles. The summed E-state index contributed by atoms with van der Waals surface area (Å²) in [7, 11) is 0. The molecular weight excluding hydrogens is 268 g/mol. The number of nitrogens with one attached hydrogen (secondary N) is 1. The third-order valence-corrected chi connectivity index (χ3v) is 4.47. The van der Waals surface area contributed by atoms with E-state index in [0.29, 0.717) is 5.92 Å². The molecule has 0 radical (unpaired) electrons. The number of hydrogen-bond donors (Lipinski definition) is 2. The molecule has 0 aliphatic carbocycles. The molecule has 3 N–H and O–H groups in total. The fourth-order valence-electron chi connectivity index (χ4n) is 2.24. The lowest BCUT2D eigenvalue weighted by Gasteiger charge is -2.17. The van der Waals surface area contributed by atoms with Crippen LogP contribution in [0.1, 0.15) is 53.1 Å². The van der Waals surface area contributed by atoms with Crippen molar-refractivity contribution in [2.75, 3.05) is 0 Å². The minimum Gasteiger partial charge on any atom is -0.271 e. The molecule has 0 saturated heterocycles. The molecule has 1 atom stereocenters. The maximum Gasteiger partial charge on any atom is 0.0829 e. The lowest BCUT2D eigenvalue weighted by atomic mass is 9.98. The average Bonchev–Trinajstić information content (AvgIpc) is 2.89. The van der Waals surface area contributed by atoms with Gasteiger partial charge in [0.2, 0.25) is 0 Å². The Hall–Kier alpha value is -1.30. The number of nitrogens with two attached hydrogens (primary N) is 1. The Morgan fingerprint density at radius 1 is 1.25 bits per heavy atom. The van der Waals surface area contributed by atoms with Crippen molar-refractivity contribution in [2.45, 2.75) is 46.1 Å². The minimum absolute atomic E-state index is 0.0644. The van der Waals surface area contributed by atoms with E-state index in [1.54, 1.807) is 0 Å². The van der Waals surface area contributed by atoms with Crippen molar-refractivity contribution in [2.24, 2.45) is 5.84 Å². The van der Waals surface area contributed by atoms with Gasteiger partial charge < -0.3 is 0 Å². The van der Waals surface area contributed by atoms with E-state index in [-0.39, 0.29) is 6.04 Å². The van der Waals surface area contributed by atoms with Crippen LogP contribution in [0, 0.1) is 13.8 Å². The highest BCUT2D eigenvalue weighted by atomic mass is 32.1. The molecule has 0 fully saturated rings. The molecule has 0 spiro atoms. The highest BCUT2D eigenvalue weighted by Gasteiger charge is 2.20. The van der Waals surface area contributed by atoms with Crippen molar-refractivity contribution in [1.29, 1.82) is 0 Å². The van der Waals surface area contributed by atoms with E-state index in [2.05, 4.69) is 60.9 Å². The molecule has 108 valence electrons. The van der Waals surface area contributed by atoms with Crippen molar-refractivity contribution in [1.82, 2.24) is 15.0 Å². The van der Waals surface area contributed by atoms with E-state index in [0.717, 1.165) is 17.0 Å². The third-order valence-electron chi connectivity index (χ3n) is 3.62. The van der Waals surface area contributed by atoms with E-state index >= 15 is 0 Å². The van der Waals surface area contributed by atoms with Crippen LogP contribution in [0.2, 0.25) is 0 Å². The third kappa shape index (κ3) is 3.23. The highest BCUT2D eigenvalue weighted by molar-refractivity contribution is 7.05. The molecule has 1 aromatic heterocycles. The van der Waals surface area contributed by atoms with Crippen LogP contribution in [0.15, 0.2) is 18.2 Å². The van der Waals surface area contributed by atoms with Gasteiger partial charge in [0.15, 0.2) is 0 Å². The zero-order valence-corrected chi connectivity index (χ0v) is 13.3. The largest absolute Gasteiger partial charge is 0.271 e. The van der Waals surface area contributed by atoms with Gasteiger partial charge in [0.05, 0.1) is 16.6 Å². The van der Waals surface area contributed by atoms with Gasteiger partial charge in [-0.1, -0.05) is 36.5 Å². The van der Waals surface area contributed by atoms with E-state index in [1.165, 1.54) is 28.2 Å². The summed E-state index contributed by atoms with van der Waals surface area (Å²) in [5, 5.41) is 4.23. The normalized spacial score (nSPS) is 12.9. The molecule has 1 heterocycles. The molecular formula is C15H22N4S. The van der Waals surface area contributed by atoms with Crippen LogP contribution in [0.3, 0.4) is 0 Å². The fourth-order valence-corrected chi connectivity index (χ4v) is 3.11. The van der Waals surface area contributed by atoms with Gasteiger partial charge in [-0.25, -0.2) is 0 Å². The molecule has 1 unspecified atom stereocenters. The van der Waals surface area contributed by atoms with Gasteiger partial charge in [-0.2, -0.15) is 0 Å². The number of hydrogen-bond acceptors (Lipinski definition) is 5. The first kappa shape index (κ1) is 15.1. The van der Waals surface area contributed by atoms with Gasteiger partial charge in [0.1, 0.15) is 0 Å². The summed E-state index contributed by atoms with van der Waals surface area (Å²) < 4.78 is 4.08. The SMILES string of the molecule is Cc1ccc(CC(NN)c2snnc2C(C)C)cc1C. The summed E-state index contributed by atoms with van der Waals surface area (Å²) in [6.07, 6.45) is 0.848. The van der Waals surface area contributed by atoms with Gasteiger partial charge in [0, 0.05) is 0 Å². The van der Waals surface area contributed by atoms with Crippen LogP contribution < -0.4 is 11.3 Å². The molecule has 0 bridgehead atoms. The first-order chi connectivity index (χ1) is 9.52. The van der Waals surface area contributed by atoms with Crippen molar-refractivity contribution < 1.29 is 0 Å².